The average molecular weight is 343 g/mol. The molecular formula is C18H17NO6. The highest BCUT2D eigenvalue weighted by atomic mass is 16.6. The number of ether oxygens (including phenoxy) is 3. The van der Waals surface area contributed by atoms with Gasteiger partial charge < -0.3 is 14.2 Å². The lowest BCUT2D eigenvalue weighted by molar-refractivity contribution is -0.384. The lowest BCUT2D eigenvalue weighted by Crippen LogP contribution is -2.18. The summed E-state index contributed by atoms with van der Waals surface area (Å²) < 4.78 is 15.7. The quantitative estimate of drug-likeness (QED) is 0.240. The van der Waals surface area contributed by atoms with E-state index in [4.69, 9.17) is 14.2 Å². The van der Waals surface area contributed by atoms with Crippen LogP contribution in [0, 0.1) is 10.1 Å². The number of carbonyl (C=O) groups is 1. The normalized spacial score (nSPS) is 9.96. The monoisotopic (exact) mass is 343 g/mol. The van der Waals surface area contributed by atoms with E-state index >= 15 is 0 Å². The molecule has 25 heavy (non-hydrogen) atoms. The molecule has 0 fully saturated rings. The summed E-state index contributed by atoms with van der Waals surface area (Å²) in [5.74, 6) is 0.483. The molecule has 0 amide bonds. The molecule has 0 N–H and O–H groups in total. The molecule has 7 nitrogen and oxygen atoms in total. The van der Waals surface area contributed by atoms with Gasteiger partial charge in [0.2, 0.25) is 0 Å². The van der Waals surface area contributed by atoms with Gasteiger partial charge in [0.05, 0.1) is 12.0 Å². The van der Waals surface area contributed by atoms with E-state index in [1.165, 1.54) is 31.4 Å². The third-order valence-corrected chi connectivity index (χ3v) is 3.23. The van der Waals surface area contributed by atoms with Crippen molar-refractivity contribution in [2.24, 2.45) is 0 Å². The first-order chi connectivity index (χ1) is 12.0. The summed E-state index contributed by atoms with van der Waals surface area (Å²) in [6.07, 6.45) is 2.47. The lowest BCUT2D eigenvalue weighted by Gasteiger charge is -2.11. The summed E-state index contributed by atoms with van der Waals surface area (Å²) in [5, 5.41) is 10.6. The number of nitro benzene ring substituents is 1. The first-order valence-electron chi connectivity index (χ1n) is 7.39. The van der Waals surface area contributed by atoms with Gasteiger partial charge in [-0.15, -0.1) is 6.58 Å². The van der Waals surface area contributed by atoms with Gasteiger partial charge >= 0.3 is 5.97 Å². The predicted octanol–water partition coefficient (Wildman–Crippen LogP) is 3.32. The van der Waals surface area contributed by atoms with Crippen molar-refractivity contribution in [1.82, 2.24) is 0 Å². The Hall–Kier alpha value is -3.35. The number of benzene rings is 2. The first kappa shape index (κ1) is 18.0. The molecule has 2 rings (SSSR count). The van der Waals surface area contributed by atoms with E-state index in [-0.39, 0.29) is 18.0 Å². The third-order valence-electron chi connectivity index (χ3n) is 3.23. The van der Waals surface area contributed by atoms with Crippen molar-refractivity contribution < 1.29 is 23.9 Å². The molecule has 0 unspecified atom stereocenters. The van der Waals surface area contributed by atoms with Crippen LogP contribution < -0.4 is 14.2 Å². The molecule has 0 spiro atoms. The van der Waals surface area contributed by atoms with Crippen molar-refractivity contribution in [1.29, 1.82) is 0 Å². The van der Waals surface area contributed by atoms with E-state index in [2.05, 4.69) is 6.58 Å². The van der Waals surface area contributed by atoms with Crippen LogP contribution in [0.1, 0.15) is 5.56 Å². The number of hydrogen-bond donors (Lipinski definition) is 0. The Bertz CT molecular complexity index is 770. The fourth-order valence-electron chi connectivity index (χ4n) is 2.06. The molecule has 0 heterocycles. The number of nitro groups is 1. The molecule has 0 atom stereocenters. The van der Waals surface area contributed by atoms with E-state index in [9.17, 15) is 14.9 Å². The Morgan fingerprint density at radius 2 is 1.92 bits per heavy atom. The zero-order chi connectivity index (χ0) is 18.2. The molecule has 7 heteroatoms. The van der Waals surface area contributed by atoms with E-state index in [0.717, 1.165) is 5.56 Å². The number of methoxy groups -OCH3 is 1. The number of non-ortho nitro benzene ring substituents is 1. The van der Waals surface area contributed by atoms with Crippen LogP contribution >= 0.6 is 0 Å². The van der Waals surface area contributed by atoms with Gasteiger partial charge in [0.25, 0.3) is 5.69 Å². The Kier molecular flexibility index (Phi) is 6.11. The lowest BCUT2D eigenvalue weighted by atomic mass is 10.1. The van der Waals surface area contributed by atoms with E-state index in [0.29, 0.717) is 17.9 Å². The summed E-state index contributed by atoms with van der Waals surface area (Å²) in [5.41, 5.74) is 0.924. The highest BCUT2D eigenvalue weighted by molar-refractivity contribution is 5.74. The Labute approximate surface area is 144 Å². The highest BCUT2D eigenvalue weighted by Gasteiger charge is 2.11. The fourth-order valence-corrected chi connectivity index (χ4v) is 2.06. The fraction of sp³-hybridized carbons (Fsp3) is 0.167. The molecule has 0 radical (unpaired) electrons. The minimum Gasteiger partial charge on any atom is -0.493 e. The molecule has 2 aromatic carbocycles. The zero-order valence-corrected chi connectivity index (χ0v) is 13.6. The molecule has 0 saturated carbocycles. The molecular weight excluding hydrogens is 326 g/mol. The number of hydrogen-bond acceptors (Lipinski definition) is 6. The second kappa shape index (κ2) is 8.49. The number of allylic oxidation sites excluding steroid dienone is 1. The zero-order valence-electron chi connectivity index (χ0n) is 13.6. The van der Waals surface area contributed by atoms with E-state index in [1.54, 1.807) is 18.2 Å². The van der Waals surface area contributed by atoms with Gasteiger partial charge in [0.1, 0.15) is 5.75 Å². The largest absolute Gasteiger partial charge is 0.493 e. The predicted molar refractivity (Wildman–Crippen MR) is 91.1 cm³/mol. The minimum absolute atomic E-state index is 0.0830. The molecule has 0 aliphatic carbocycles. The molecule has 0 aliphatic rings. The smallest absolute Gasteiger partial charge is 0.349 e. The van der Waals surface area contributed by atoms with Crippen LogP contribution in [-0.4, -0.2) is 24.6 Å². The van der Waals surface area contributed by atoms with Crippen LogP contribution in [0.25, 0.3) is 0 Å². The Morgan fingerprint density at radius 3 is 2.52 bits per heavy atom. The van der Waals surface area contributed by atoms with E-state index < -0.39 is 10.9 Å². The molecule has 0 aromatic heterocycles. The number of nitrogens with zero attached hydrogens (tertiary/aromatic N) is 1. The highest BCUT2D eigenvalue weighted by Crippen LogP contribution is 2.28. The number of rotatable bonds is 8. The number of esters is 1. The summed E-state index contributed by atoms with van der Waals surface area (Å²) in [6.45, 7) is 3.35. The van der Waals surface area contributed by atoms with Gasteiger partial charge in [-0.2, -0.15) is 0 Å². The standard InChI is InChI=1S/C18H17NO6/c1-3-4-13-5-10-16(17(11-13)23-2)24-12-18(20)25-15-8-6-14(7-9-15)19(21)22/h3,5-11H,1,4,12H2,2H3. The van der Waals surface area contributed by atoms with Gasteiger partial charge in [-0.3, -0.25) is 10.1 Å². The summed E-state index contributed by atoms with van der Waals surface area (Å²) >= 11 is 0. The minimum atomic E-state index is -0.633. The maximum Gasteiger partial charge on any atom is 0.349 e. The van der Waals surface area contributed by atoms with Gasteiger partial charge in [0.15, 0.2) is 18.1 Å². The topological polar surface area (TPSA) is 87.9 Å². The summed E-state index contributed by atoms with van der Waals surface area (Å²) in [6, 6.07) is 10.6. The van der Waals surface area contributed by atoms with Crippen molar-refractivity contribution in [3.05, 3.63) is 70.8 Å². The SMILES string of the molecule is C=CCc1ccc(OCC(=O)Oc2ccc([N+](=O)[O-])cc2)c(OC)c1. The summed E-state index contributed by atoms with van der Waals surface area (Å²) in [7, 11) is 1.51. The average Bonchev–Trinajstić information content (AvgIpc) is 2.61. The van der Waals surface area contributed by atoms with Crippen molar-refractivity contribution in [3.63, 3.8) is 0 Å². The Balaban J connectivity index is 1.95. The van der Waals surface area contributed by atoms with Crippen LogP contribution in [0.5, 0.6) is 17.2 Å². The summed E-state index contributed by atoms with van der Waals surface area (Å²) in [4.78, 5) is 21.9. The number of carbonyl (C=O) groups excluding carboxylic acids is 1. The molecule has 0 aliphatic heterocycles. The van der Waals surface area contributed by atoms with Crippen molar-refractivity contribution >= 4 is 11.7 Å². The van der Waals surface area contributed by atoms with Gasteiger partial charge in [-0.05, 0) is 36.2 Å². The second-order valence-electron chi connectivity index (χ2n) is 4.99. The maximum atomic E-state index is 11.8. The van der Waals surface area contributed by atoms with Crippen molar-refractivity contribution in [2.45, 2.75) is 6.42 Å². The van der Waals surface area contributed by atoms with Crippen molar-refractivity contribution in [2.75, 3.05) is 13.7 Å². The molecule has 130 valence electrons. The van der Waals surface area contributed by atoms with Crippen LogP contribution in [0.15, 0.2) is 55.1 Å². The van der Waals surface area contributed by atoms with Crippen LogP contribution in [0.2, 0.25) is 0 Å². The third kappa shape index (κ3) is 5.07. The van der Waals surface area contributed by atoms with E-state index in [1.807, 2.05) is 6.07 Å². The first-order valence-corrected chi connectivity index (χ1v) is 7.39. The van der Waals surface area contributed by atoms with Crippen LogP contribution in [0.3, 0.4) is 0 Å². The molecule has 0 saturated heterocycles. The van der Waals surface area contributed by atoms with Gasteiger partial charge in [-0.1, -0.05) is 12.1 Å². The van der Waals surface area contributed by atoms with Crippen LogP contribution in [-0.2, 0) is 11.2 Å². The van der Waals surface area contributed by atoms with Gasteiger partial charge in [-0.25, -0.2) is 4.79 Å². The molecule has 2 aromatic rings. The Morgan fingerprint density at radius 1 is 1.20 bits per heavy atom. The van der Waals surface area contributed by atoms with Crippen LogP contribution in [0.4, 0.5) is 5.69 Å². The van der Waals surface area contributed by atoms with Crippen molar-refractivity contribution in [3.8, 4) is 17.2 Å². The maximum absolute atomic E-state index is 11.8. The van der Waals surface area contributed by atoms with Gasteiger partial charge in [0, 0.05) is 12.1 Å². The molecule has 0 bridgehead atoms. The second-order valence-corrected chi connectivity index (χ2v) is 4.99.